The number of hydrogen-bond acceptors (Lipinski definition) is 3. The third kappa shape index (κ3) is 3.59. The van der Waals surface area contributed by atoms with Crippen LogP contribution >= 0.6 is 0 Å². The molecule has 100 valence electrons. The topological polar surface area (TPSA) is 71.3 Å². The highest BCUT2D eigenvalue weighted by Gasteiger charge is 2.34. The minimum atomic E-state index is -4.71. The highest BCUT2D eigenvalue weighted by atomic mass is 19.4. The van der Waals surface area contributed by atoms with Crippen molar-refractivity contribution in [3.63, 3.8) is 0 Å². The Morgan fingerprint density at radius 2 is 2.06 bits per heavy atom. The lowest BCUT2D eigenvalue weighted by atomic mass is 10.3. The van der Waals surface area contributed by atoms with Gasteiger partial charge in [0, 0.05) is 12.6 Å². The van der Waals surface area contributed by atoms with Crippen LogP contribution in [-0.4, -0.2) is 28.7 Å². The van der Waals surface area contributed by atoms with E-state index >= 15 is 0 Å². The summed E-state index contributed by atoms with van der Waals surface area (Å²) in [6, 6.07) is 2.64. The molecule has 1 amide bonds. The van der Waals surface area contributed by atoms with Crippen LogP contribution in [0.3, 0.4) is 0 Å². The highest BCUT2D eigenvalue weighted by molar-refractivity contribution is 5.75. The number of carbonyl (C=O) groups is 1. The largest absolute Gasteiger partial charge is 0.431 e. The van der Waals surface area contributed by atoms with Crippen molar-refractivity contribution in [3.05, 3.63) is 34.2 Å². The number of pyridine rings is 1. The van der Waals surface area contributed by atoms with Gasteiger partial charge < -0.3 is 10.4 Å². The van der Waals surface area contributed by atoms with Gasteiger partial charge in [-0.25, -0.2) is 0 Å². The summed E-state index contributed by atoms with van der Waals surface area (Å²) >= 11 is 0. The first-order valence-electron chi connectivity index (χ1n) is 5.01. The van der Waals surface area contributed by atoms with Crippen LogP contribution < -0.4 is 10.9 Å². The Morgan fingerprint density at radius 1 is 1.39 bits per heavy atom. The van der Waals surface area contributed by atoms with Gasteiger partial charge in [-0.1, -0.05) is 6.07 Å². The number of rotatable bonds is 4. The molecule has 2 N–H and O–H groups in total. The molecule has 0 aromatic carbocycles. The van der Waals surface area contributed by atoms with Gasteiger partial charge in [-0.3, -0.25) is 14.2 Å². The Hall–Kier alpha value is -1.83. The van der Waals surface area contributed by atoms with E-state index in [4.69, 9.17) is 5.11 Å². The van der Waals surface area contributed by atoms with Gasteiger partial charge in [-0.15, -0.1) is 0 Å². The first kappa shape index (κ1) is 14.2. The zero-order valence-corrected chi connectivity index (χ0v) is 9.20. The Labute approximate surface area is 99.8 Å². The first-order valence-corrected chi connectivity index (χ1v) is 5.01. The summed E-state index contributed by atoms with van der Waals surface area (Å²) < 4.78 is 38.1. The molecule has 1 aromatic rings. The van der Waals surface area contributed by atoms with Gasteiger partial charge in [0.1, 0.15) is 12.2 Å². The number of aliphatic hydroxyl groups excluding tert-OH is 1. The predicted octanol–water partition coefficient (Wildman–Crippen LogP) is -0.0244. The summed E-state index contributed by atoms with van der Waals surface area (Å²) in [4.78, 5) is 22.6. The van der Waals surface area contributed by atoms with Crippen molar-refractivity contribution >= 4 is 5.91 Å². The van der Waals surface area contributed by atoms with Crippen LogP contribution in [-0.2, 0) is 17.5 Å². The van der Waals surface area contributed by atoms with E-state index in [0.717, 1.165) is 18.2 Å². The second kappa shape index (κ2) is 5.67. The lowest BCUT2D eigenvalue weighted by molar-refractivity contribution is -0.144. The van der Waals surface area contributed by atoms with Crippen molar-refractivity contribution in [2.45, 2.75) is 12.7 Å². The molecule has 18 heavy (non-hydrogen) atoms. The number of carbonyl (C=O) groups excluding carboxylic acids is 1. The Balaban J connectivity index is 3.01. The van der Waals surface area contributed by atoms with Gasteiger partial charge in [0.15, 0.2) is 0 Å². The van der Waals surface area contributed by atoms with Gasteiger partial charge in [-0.2, -0.15) is 13.2 Å². The van der Waals surface area contributed by atoms with Gasteiger partial charge in [0.05, 0.1) is 6.61 Å². The molecule has 0 saturated heterocycles. The van der Waals surface area contributed by atoms with E-state index in [-0.39, 0.29) is 13.2 Å². The Bertz CT molecular complexity index is 482. The Kier molecular flexibility index (Phi) is 4.49. The molecular formula is C10H11F3N2O3. The van der Waals surface area contributed by atoms with Crippen LogP contribution in [0.15, 0.2) is 23.0 Å². The van der Waals surface area contributed by atoms with E-state index in [0.29, 0.717) is 4.57 Å². The van der Waals surface area contributed by atoms with E-state index in [1.807, 2.05) is 0 Å². The number of nitrogens with one attached hydrogen (secondary N) is 1. The normalized spacial score (nSPS) is 11.3. The third-order valence-electron chi connectivity index (χ3n) is 2.08. The number of alkyl halides is 3. The standard InChI is InChI=1S/C10H11F3N2O3/c11-10(12,13)7-2-1-3-9(18)15(7)6-8(17)14-4-5-16/h1-3,16H,4-6H2,(H,14,17). The number of aromatic nitrogens is 1. The van der Waals surface area contributed by atoms with Crippen molar-refractivity contribution in [1.29, 1.82) is 0 Å². The van der Waals surface area contributed by atoms with Crippen LogP contribution in [0, 0.1) is 0 Å². The fourth-order valence-corrected chi connectivity index (χ4v) is 1.33. The molecule has 0 unspecified atom stereocenters. The molecule has 1 heterocycles. The molecule has 0 atom stereocenters. The molecule has 0 aliphatic rings. The van der Waals surface area contributed by atoms with Crippen LogP contribution in [0.5, 0.6) is 0 Å². The third-order valence-corrected chi connectivity index (χ3v) is 2.08. The molecule has 1 aromatic heterocycles. The second-order valence-corrected chi connectivity index (χ2v) is 3.41. The van der Waals surface area contributed by atoms with Crippen molar-refractivity contribution < 1.29 is 23.1 Å². The highest BCUT2D eigenvalue weighted by Crippen LogP contribution is 2.27. The van der Waals surface area contributed by atoms with Crippen molar-refractivity contribution in [2.75, 3.05) is 13.2 Å². The second-order valence-electron chi connectivity index (χ2n) is 3.41. The number of nitrogens with zero attached hydrogens (tertiary/aromatic N) is 1. The number of halogens is 3. The van der Waals surface area contributed by atoms with Gasteiger partial charge in [0.25, 0.3) is 5.56 Å². The molecule has 0 spiro atoms. The minimum absolute atomic E-state index is 0.0816. The SMILES string of the molecule is O=C(Cn1c(C(F)(F)F)cccc1=O)NCCO. The number of aliphatic hydroxyl groups is 1. The molecule has 0 fully saturated rings. The van der Waals surface area contributed by atoms with Gasteiger partial charge in [-0.05, 0) is 6.07 Å². The van der Waals surface area contributed by atoms with Crippen molar-refractivity contribution in [2.24, 2.45) is 0 Å². The molecule has 0 aliphatic carbocycles. The predicted molar refractivity (Wildman–Crippen MR) is 55.8 cm³/mol. The summed E-state index contributed by atoms with van der Waals surface area (Å²) in [6.07, 6.45) is -4.71. The van der Waals surface area contributed by atoms with E-state index in [1.165, 1.54) is 0 Å². The maximum Gasteiger partial charge on any atom is 0.431 e. The van der Waals surface area contributed by atoms with Crippen LogP contribution in [0.4, 0.5) is 13.2 Å². The minimum Gasteiger partial charge on any atom is -0.395 e. The molecule has 0 radical (unpaired) electrons. The first-order chi connectivity index (χ1) is 8.36. The number of amides is 1. The zero-order chi connectivity index (χ0) is 13.8. The quantitative estimate of drug-likeness (QED) is 0.802. The monoisotopic (exact) mass is 264 g/mol. The van der Waals surface area contributed by atoms with Gasteiger partial charge in [0.2, 0.25) is 5.91 Å². The lowest BCUT2D eigenvalue weighted by Crippen LogP contribution is -2.36. The van der Waals surface area contributed by atoms with E-state index in [9.17, 15) is 22.8 Å². The van der Waals surface area contributed by atoms with E-state index < -0.39 is 29.9 Å². The molecule has 1 rings (SSSR count). The van der Waals surface area contributed by atoms with Crippen molar-refractivity contribution in [1.82, 2.24) is 9.88 Å². The molecule has 0 aliphatic heterocycles. The zero-order valence-electron chi connectivity index (χ0n) is 9.20. The maximum atomic E-state index is 12.6. The van der Waals surface area contributed by atoms with Crippen LogP contribution in [0.1, 0.15) is 5.69 Å². The molecule has 0 bridgehead atoms. The average molecular weight is 264 g/mol. The molecule has 0 saturated carbocycles. The van der Waals surface area contributed by atoms with Crippen LogP contribution in [0.2, 0.25) is 0 Å². The summed E-state index contributed by atoms with van der Waals surface area (Å²) in [5.74, 6) is -0.775. The summed E-state index contributed by atoms with van der Waals surface area (Å²) in [5.41, 5.74) is -2.10. The van der Waals surface area contributed by atoms with E-state index in [2.05, 4.69) is 5.32 Å². The lowest BCUT2D eigenvalue weighted by Gasteiger charge is -2.14. The Morgan fingerprint density at radius 3 is 2.61 bits per heavy atom. The van der Waals surface area contributed by atoms with Crippen LogP contribution in [0.25, 0.3) is 0 Å². The fourth-order valence-electron chi connectivity index (χ4n) is 1.33. The summed E-state index contributed by atoms with van der Waals surface area (Å²) in [6.45, 7) is -1.15. The van der Waals surface area contributed by atoms with Crippen molar-refractivity contribution in [3.8, 4) is 0 Å². The molecule has 5 nitrogen and oxygen atoms in total. The fraction of sp³-hybridized carbons (Fsp3) is 0.400. The summed E-state index contributed by atoms with van der Waals surface area (Å²) in [5, 5.41) is 10.6. The summed E-state index contributed by atoms with van der Waals surface area (Å²) in [7, 11) is 0. The molecular weight excluding hydrogens is 253 g/mol. The maximum absolute atomic E-state index is 12.6. The smallest absolute Gasteiger partial charge is 0.395 e. The average Bonchev–Trinajstić information content (AvgIpc) is 2.27. The van der Waals surface area contributed by atoms with E-state index in [1.54, 1.807) is 0 Å². The number of hydrogen-bond donors (Lipinski definition) is 2. The van der Waals surface area contributed by atoms with Gasteiger partial charge >= 0.3 is 6.18 Å². The molecule has 8 heteroatoms.